The SMILES string of the molecule is CCC[C@@H]1CCC[C@@H](CCC)[N+]1(C)C. The van der Waals surface area contributed by atoms with E-state index in [4.69, 9.17) is 0 Å². The van der Waals surface area contributed by atoms with Crippen molar-refractivity contribution in [3.63, 3.8) is 0 Å². The molecule has 0 amide bonds. The van der Waals surface area contributed by atoms with Crippen LogP contribution in [0.15, 0.2) is 0 Å². The Morgan fingerprint density at radius 3 is 1.71 bits per heavy atom. The Balaban J connectivity index is 2.60. The highest BCUT2D eigenvalue weighted by molar-refractivity contribution is 4.71. The van der Waals surface area contributed by atoms with Gasteiger partial charge in [-0.15, -0.1) is 0 Å². The van der Waals surface area contributed by atoms with Crippen molar-refractivity contribution < 1.29 is 4.48 Å². The average Bonchev–Trinajstić information content (AvgIpc) is 2.13. The zero-order valence-corrected chi connectivity index (χ0v) is 10.6. The lowest BCUT2D eigenvalue weighted by molar-refractivity contribution is -0.944. The highest BCUT2D eigenvalue weighted by Gasteiger charge is 2.38. The van der Waals surface area contributed by atoms with Crippen LogP contribution in [0.2, 0.25) is 0 Å². The first-order valence-corrected chi connectivity index (χ1v) is 6.46. The molecule has 0 N–H and O–H groups in total. The predicted molar refractivity (Wildman–Crippen MR) is 63.4 cm³/mol. The number of piperidine rings is 1. The van der Waals surface area contributed by atoms with Crippen molar-refractivity contribution >= 4 is 0 Å². The van der Waals surface area contributed by atoms with Crippen molar-refractivity contribution in [3.8, 4) is 0 Å². The third kappa shape index (κ3) is 2.50. The number of quaternary nitrogens is 1. The van der Waals surface area contributed by atoms with Gasteiger partial charge in [-0.3, -0.25) is 0 Å². The van der Waals surface area contributed by atoms with Gasteiger partial charge in [-0.2, -0.15) is 0 Å². The number of hydrogen-bond donors (Lipinski definition) is 0. The number of nitrogens with zero attached hydrogens (tertiary/aromatic N) is 1. The Bertz CT molecular complexity index is 143. The van der Waals surface area contributed by atoms with Gasteiger partial charge in [0.15, 0.2) is 0 Å². The van der Waals surface area contributed by atoms with Crippen molar-refractivity contribution in [2.75, 3.05) is 14.1 Å². The third-order valence-corrected chi connectivity index (χ3v) is 4.20. The Kier molecular flexibility index (Phi) is 4.43. The van der Waals surface area contributed by atoms with Crippen molar-refractivity contribution in [3.05, 3.63) is 0 Å². The second-order valence-corrected chi connectivity index (χ2v) is 5.44. The van der Waals surface area contributed by atoms with Gasteiger partial charge in [0.2, 0.25) is 0 Å². The van der Waals surface area contributed by atoms with Gasteiger partial charge in [0, 0.05) is 0 Å². The molecular formula is C13H28N+. The zero-order valence-electron chi connectivity index (χ0n) is 10.6. The van der Waals surface area contributed by atoms with Crippen LogP contribution in [-0.4, -0.2) is 30.7 Å². The van der Waals surface area contributed by atoms with Gasteiger partial charge in [0.1, 0.15) is 0 Å². The molecule has 1 aliphatic rings. The van der Waals surface area contributed by atoms with Crippen LogP contribution in [0.3, 0.4) is 0 Å². The van der Waals surface area contributed by atoms with Crippen LogP contribution in [0.25, 0.3) is 0 Å². The van der Waals surface area contributed by atoms with Crippen molar-refractivity contribution in [1.29, 1.82) is 0 Å². The van der Waals surface area contributed by atoms with E-state index in [1.807, 2.05) is 0 Å². The lowest BCUT2D eigenvalue weighted by atomic mass is 9.89. The molecule has 0 aromatic carbocycles. The van der Waals surface area contributed by atoms with Gasteiger partial charge in [0.25, 0.3) is 0 Å². The zero-order chi connectivity index (χ0) is 10.6. The highest BCUT2D eigenvalue weighted by atomic mass is 15.4. The Morgan fingerprint density at radius 1 is 0.929 bits per heavy atom. The van der Waals surface area contributed by atoms with E-state index in [0.29, 0.717) is 0 Å². The highest BCUT2D eigenvalue weighted by Crippen LogP contribution is 2.32. The molecule has 1 saturated heterocycles. The third-order valence-electron chi connectivity index (χ3n) is 4.20. The molecule has 0 aliphatic carbocycles. The van der Waals surface area contributed by atoms with E-state index < -0.39 is 0 Å². The maximum Gasteiger partial charge on any atom is 0.0888 e. The predicted octanol–water partition coefficient (Wildman–Crippen LogP) is 3.58. The van der Waals surface area contributed by atoms with Gasteiger partial charge >= 0.3 is 0 Å². The lowest BCUT2D eigenvalue weighted by Gasteiger charge is -2.48. The Hall–Kier alpha value is -0.0400. The lowest BCUT2D eigenvalue weighted by Crippen LogP contribution is -2.58. The van der Waals surface area contributed by atoms with E-state index in [1.54, 1.807) is 0 Å². The van der Waals surface area contributed by atoms with Crippen LogP contribution >= 0.6 is 0 Å². The summed E-state index contributed by atoms with van der Waals surface area (Å²) >= 11 is 0. The number of likely N-dealkylation sites (tertiary alicyclic amines) is 1. The van der Waals surface area contributed by atoms with Crippen molar-refractivity contribution in [2.24, 2.45) is 0 Å². The van der Waals surface area contributed by atoms with Crippen LogP contribution < -0.4 is 0 Å². The second kappa shape index (κ2) is 5.16. The largest absolute Gasteiger partial charge is 0.324 e. The summed E-state index contributed by atoms with van der Waals surface area (Å²) in [5, 5.41) is 0. The topological polar surface area (TPSA) is 0 Å². The van der Waals surface area contributed by atoms with E-state index in [0.717, 1.165) is 12.1 Å². The van der Waals surface area contributed by atoms with Crippen LogP contribution in [0, 0.1) is 0 Å². The molecule has 1 nitrogen and oxygen atoms in total. The molecule has 0 saturated carbocycles. The summed E-state index contributed by atoms with van der Waals surface area (Å²) in [7, 11) is 4.92. The van der Waals surface area contributed by atoms with Crippen molar-refractivity contribution in [2.45, 2.75) is 70.9 Å². The van der Waals surface area contributed by atoms with E-state index in [2.05, 4.69) is 27.9 Å². The average molecular weight is 198 g/mol. The first-order valence-electron chi connectivity index (χ1n) is 6.46. The second-order valence-electron chi connectivity index (χ2n) is 5.44. The van der Waals surface area contributed by atoms with Crippen LogP contribution in [0.4, 0.5) is 0 Å². The Labute approximate surface area is 90.1 Å². The number of hydrogen-bond acceptors (Lipinski definition) is 0. The standard InChI is InChI=1S/C13H28N/c1-5-8-12-10-7-11-13(9-6-2)14(12,3)4/h12-13H,5-11H2,1-4H3/q+1/t12-,13-/m1/s1. The summed E-state index contributed by atoms with van der Waals surface area (Å²) in [4.78, 5) is 0. The summed E-state index contributed by atoms with van der Waals surface area (Å²) in [6, 6.07) is 1.87. The molecular weight excluding hydrogens is 170 g/mol. The maximum atomic E-state index is 2.46. The molecule has 0 radical (unpaired) electrons. The molecule has 84 valence electrons. The van der Waals surface area contributed by atoms with E-state index in [1.165, 1.54) is 49.4 Å². The molecule has 14 heavy (non-hydrogen) atoms. The summed E-state index contributed by atoms with van der Waals surface area (Å²) in [5.41, 5.74) is 0. The molecule has 0 aromatic rings. The summed E-state index contributed by atoms with van der Waals surface area (Å²) < 4.78 is 1.29. The molecule has 1 fully saturated rings. The molecule has 2 atom stereocenters. The van der Waals surface area contributed by atoms with Crippen LogP contribution in [0.5, 0.6) is 0 Å². The number of rotatable bonds is 4. The fourth-order valence-corrected chi connectivity index (χ4v) is 3.17. The fraction of sp³-hybridized carbons (Fsp3) is 1.00. The van der Waals surface area contributed by atoms with Gasteiger partial charge in [-0.25, -0.2) is 0 Å². The smallest absolute Gasteiger partial charge is 0.0888 e. The monoisotopic (exact) mass is 198 g/mol. The molecule has 0 aromatic heterocycles. The van der Waals surface area contributed by atoms with Gasteiger partial charge in [-0.1, -0.05) is 26.7 Å². The molecule has 1 heteroatoms. The first-order chi connectivity index (χ1) is 6.62. The van der Waals surface area contributed by atoms with Crippen LogP contribution in [-0.2, 0) is 0 Å². The van der Waals surface area contributed by atoms with Gasteiger partial charge < -0.3 is 4.48 Å². The van der Waals surface area contributed by atoms with E-state index in [-0.39, 0.29) is 0 Å². The molecule has 0 bridgehead atoms. The quantitative estimate of drug-likeness (QED) is 0.606. The first kappa shape index (κ1) is 12.0. The fourth-order valence-electron chi connectivity index (χ4n) is 3.17. The Morgan fingerprint density at radius 2 is 1.36 bits per heavy atom. The van der Waals surface area contributed by atoms with Gasteiger partial charge in [-0.05, 0) is 32.1 Å². The molecule has 0 spiro atoms. The minimum absolute atomic E-state index is 0.935. The van der Waals surface area contributed by atoms with Crippen LogP contribution in [0.1, 0.15) is 58.8 Å². The van der Waals surface area contributed by atoms with Crippen molar-refractivity contribution in [1.82, 2.24) is 0 Å². The molecule has 1 aliphatic heterocycles. The molecule has 1 rings (SSSR count). The summed E-state index contributed by atoms with van der Waals surface area (Å²) in [6.07, 6.45) is 9.94. The summed E-state index contributed by atoms with van der Waals surface area (Å²) in [5.74, 6) is 0. The maximum absolute atomic E-state index is 2.46. The normalized spacial score (nSPS) is 31.7. The minimum Gasteiger partial charge on any atom is -0.324 e. The van der Waals surface area contributed by atoms with E-state index in [9.17, 15) is 0 Å². The summed E-state index contributed by atoms with van der Waals surface area (Å²) in [6.45, 7) is 4.65. The van der Waals surface area contributed by atoms with Gasteiger partial charge in [0.05, 0.1) is 26.2 Å². The molecule has 0 unspecified atom stereocenters. The minimum atomic E-state index is 0.935. The molecule has 1 heterocycles. The van der Waals surface area contributed by atoms with E-state index >= 15 is 0 Å².